The molecule has 1 aromatic heterocycles. The van der Waals surface area contributed by atoms with E-state index in [2.05, 4.69) is 0 Å². The molecule has 1 aromatic rings. The van der Waals surface area contributed by atoms with Gasteiger partial charge in [-0.3, -0.25) is 4.21 Å². The molecule has 0 aromatic carbocycles. The van der Waals surface area contributed by atoms with E-state index in [4.69, 9.17) is 0 Å². The van der Waals surface area contributed by atoms with Crippen LogP contribution in [-0.2, 0) is 15.6 Å². The highest BCUT2D eigenvalue weighted by Crippen LogP contribution is 2.62. The predicted octanol–water partition coefficient (Wildman–Crippen LogP) is 3.64. The van der Waals surface area contributed by atoms with E-state index < -0.39 is 10.8 Å². The number of carbonyl (C=O) groups is 1. The van der Waals surface area contributed by atoms with Crippen molar-refractivity contribution in [2.24, 2.45) is 23.2 Å². The zero-order chi connectivity index (χ0) is 13.7. The molecule has 4 aliphatic rings. The number of thiophene rings is 1. The highest BCUT2D eigenvalue weighted by atomic mass is 32.2. The predicted molar refractivity (Wildman–Crippen MR) is 81.2 cm³/mol. The molecule has 1 heterocycles. The Labute approximate surface area is 126 Å². The summed E-state index contributed by atoms with van der Waals surface area (Å²) in [7, 11) is -1.15. The van der Waals surface area contributed by atoms with Gasteiger partial charge in [-0.05, 0) is 73.1 Å². The molecule has 0 N–H and O–H groups in total. The summed E-state index contributed by atoms with van der Waals surface area (Å²) in [6.07, 6.45) is 8.50. The van der Waals surface area contributed by atoms with E-state index in [1.165, 1.54) is 30.6 Å². The zero-order valence-electron chi connectivity index (χ0n) is 11.5. The van der Waals surface area contributed by atoms with Crippen LogP contribution in [0.5, 0.6) is 0 Å². The molecule has 4 heteroatoms. The van der Waals surface area contributed by atoms with Crippen LogP contribution in [0.15, 0.2) is 21.7 Å². The summed E-state index contributed by atoms with van der Waals surface area (Å²) >= 11 is 1.52. The third-order valence-corrected chi connectivity index (χ3v) is 8.78. The van der Waals surface area contributed by atoms with Crippen LogP contribution >= 0.6 is 11.3 Å². The maximum Gasteiger partial charge on any atom is 0.136 e. The lowest BCUT2D eigenvalue weighted by molar-refractivity contribution is -0.114. The second-order valence-electron chi connectivity index (χ2n) is 7.07. The summed E-state index contributed by atoms with van der Waals surface area (Å²) in [5.41, 5.74) is 0.0470. The Morgan fingerprint density at radius 2 is 1.80 bits per heavy atom. The molecule has 0 aliphatic heterocycles. The fourth-order valence-corrected chi connectivity index (χ4v) is 8.06. The fourth-order valence-electron chi connectivity index (χ4n) is 5.45. The number of carbonyl (C=O) groups excluding carboxylic acids is 1. The van der Waals surface area contributed by atoms with Crippen molar-refractivity contribution in [1.82, 2.24) is 0 Å². The second kappa shape index (κ2) is 4.77. The summed E-state index contributed by atoms with van der Waals surface area (Å²) in [6, 6.07) is 3.84. The molecule has 2 atom stereocenters. The summed E-state index contributed by atoms with van der Waals surface area (Å²) < 4.78 is 13.7. The molecule has 4 saturated carbocycles. The zero-order valence-corrected chi connectivity index (χ0v) is 13.1. The van der Waals surface area contributed by atoms with Gasteiger partial charge in [-0.2, -0.15) is 0 Å². The van der Waals surface area contributed by atoms with Crippen LogP contribution in [-0.4, -0.2) is 15.7 Å². The van der Waals surface area contributed by atoms with Crippen molar-refractivity contribution >= 4 is 28.4 Å². The first kappa shape index (κ1) is 13.2. The van der Waals surface area contributed by atoms with Crippen molar-refractivity contribution < 1.29 is 9.00 Å². The Morgan fingerprint density at radius 3 is 2.25 bits per heavy atom. The molecule has 2 nitrogen and oxygen atoms in total. The minimum absolute atomic E-state index is 0.0470. The molecule has 0 spiro atoms. The van der Waals surface area contributed by atoms with Crippen molar-refractivity contribution in [3.8, 4) is 0 Å². The van der Waals surface area contributed by atoms with Crippen molar-refractivity contribution in [3.63, 3.8) is 0 Å². The molecule has 4 fully saturated rings. The molecule has 5 rings (SSSR count). The van der Waals surface area contributed by atoms with Gasteiger partial charge in [-0.1, -0.05) is 6.07 Å². The van der Waals surface area contributed by atoms with Gasteiger partial charge in [0.15, 0.2) is 0 Å². The number of hydrogen-bond donors (Lipinski definition) is 0. The normalized spacial score (nSPS) is 41.5. The van der Waals surface area contributed by atoms with E-state index in [1.54, 1.807) is 0 Å². The third-order valence-electron chi connectivity index (χ3n) is 5.74. The SMILES string of the molecule is O=CC(S(=O)c1cccs1)C12CC3CC(CC(C3)C1)C2. The molecule has 20 heavy (non-hydrogen) atoms. The molecule has 108 valence electrons. The standard InChI is InChI=1S/C16H20O2S2/c17-10-14(20(18)15-2-1-3-19-15)16-7-11-4-12(8-16)6-13(5-11)9-16/h1-3,10-14H,4-9H2. The quantitative estimate of drug-likeness (QED) is 0.796. The van der Waals surface area contributed by atoms with Gasteiger partial charge in [0.05, 0.1) is 15.0 Å². The number of rotatable bonds is 4. The van der Waals surface area contributed by atoms with Gasteiger partial charge in [-0.25, -0.2) is 0 Å². The molecule has 0 saturated heterocycles. The van der Waals surface area contributed by atoms with E-state index in [0.717, 1.165) is 47.5 Å². The summed E-state index contributed by atoms with van der Waals surface area (Å²) in [5, 5.41) is 1.67. The summed E-state index contributed by atoms with van der Waals surface area (Å²) in [6.45, 7) is 0. The van der Waals surface area contributed by atoms with Gasteiger partial charge in [0.1, 0.15) is 11.5 Å². The lowest BCUT2D eigenvalue weighted by atomic mass is 9.49. The van der Waals surface area contributed by atoms with Crippen LogP contribution in [0.4, 0.5) is 0 Å². The molecule has 4 aliphatic carbocycles. The highest BCUT2D eigenvalue weighted by Gasteiger charge is 2.55. The van der Waals surface area contributed by atoms with Crippen molar-refractivity contribution in [1.29, 1.82) is 0 Å². The lowest BCUT2D eigenvalue weighted by Gasteiger charge is -2.58. The van der Waals surface area contributed by atoms with E-state index in [1.807, 2.05) is 17.5 Å². The topological polar surface area (TPSA) is 34.1 Å². The minimum Gasteiger partial charge on any atom is -0.302 e. The second-order valence-corrected chi connectivity index (χ2v) is 9.81. The Balaban J connectivity index is 1.67. The lowest BCUT2D eigenvalue weighted by Crippen LogP contribution is -2.53. The van der Waals surface area contributed by atoms with E-state index in [9.17, 15) is 9.00 Å². The van der Waals surface area contributed by atoms with E-state index in [-0.39, 0.29) is 10.7 Å². The smallest absolute Gasteiger partial charge is 0.136 e. The largest absolute Gasteiger partial charge is 0.302 e. The molecule has 0 radical (unpaired) electrons. The molecule has 0 amide bonds. The van der Waals surface area contributed by atoms with Gasteiger partial charge in [0.25, 0.3) is 0 Å². The van der Waals surface area contributed by atoms with Gasteiger partial charge < -0.3 is 4.79 Å². The van der Waals surface area contributed by atoms with Crippen LogP contribution in [0.1, 0.15) is 38.5 Å². The van der Waals surface area contributed by atoms with Crippen LogP contribution in [0.25, 0.3) is 0 Å². The van der Waals surface area contributed by atoms with Gasteiger partial charge in [0, 0.05) is 0 Å². The monoisotopic (exact) mass is 308 g/mol. The van der Waals surface area contributed by atoms with Gasteiger partial charge in [-0.15, -0.1) is 11.3 Å². The molecule has 2 unspecified atom stereocenters. The summed E-state index contributed by atoms with van der Waals surface area (Å²) in [5.74, 6) is 2.39. The first-order chi connectivity index (χ1) is 9.70. The average Bonchev–Trinajstić information content (AvgIpc) is 2.91. The first-order valence-electron chi connectivity index (χ1n) is 7.59. The summed E-state index contributed by atoms with van der Waals surface area (Å²) in [4.78, 5) is 11.8. The van der Waals surface area contributed by atoms with Crippen molar-refractivity contribution in [3.05, 3.63) is 17.5 Å². The molecule has 4 bridgehead atoms. The maximum atomic E-state index is 12.8. The highest BCUT2D eigenvalue weighted by molar-refractivity contribution is 7.88. The van der Waals surface area contributed by atoms with E-state index >= 15 is 0 Å². The first-order valence-corrected chi connectivity index (χ1v) is 9.69. The minimum atomic E-state index is -1.15. The van der Waals surface area contributed by atoms with Crippen molar-refractivity contribution in [2.45, 2.75) is 48.0 Å². The van der Waals surface area contributed by atoms with Crippen LogP contribution in [0.3, 0.4) is 0 Å². The third kappa shape index (κ3) is 1.95. The number of aldehydes is 1. The average molecular weight is 308 g/mol. The molecular formula is C16H20O2S2. The van der Waals surface area contributed by atoms with Crippen LogP contribution < -0.4 is 0 Å². The Morgan fingerprint density at radius 1 is 1.20 bits per heavy atom. The van der Waals surface area contributed by atoms with Gasteiger partial charge >= 0.3 is 0 Å². The Hall–Kier alpha value is -0.480. The van der Waals surface area contributed by atoms with Crippen LogP contribution in [0, 0.1) is 23.2 Å². The number of hydrogen-bond acceptors (Lipinski definition) is 3. The Bertz CT molecular complexity index is 499. The van der Waals surface area contributed by atoms with E-state index in [0.29, 0.717) is 0 Å². The molecular weight excluding hydrogens is 288 g/mol. The Kier molecular flexibility index (Phi) is 3.15. The van der Waals surface area contributed by atoms with Gasteiger partial charge in [0.2, 0.25) is 0 Å². The fraction of sp³-hybridized carbons (Fsp3) is 0.688. The van der Waals surface area contributed by atoms with Crippen molar-refractivity contribution in [2.75, 3.05) is 0 Å². The maximum absolute atomic E-state index is 12.8. The van der Waals surface area contributed by atoms with Crippen LogP contribution in [0.2, 0.25) is 0 Å².